The normalized spacial score (nSPS) is 22.5. The zero-order valence-corrected chi connectivity index (χ0v) is 8.15. The number of hydrogen-bond acceptors (Lipinski definition) is 1. The van der Waals surface area contributed by atoms with Crippen molar-refractivity contribution in [1.82, 2.24) is 4.31 Å². The quantitative estimate of drug-likeness (QED) is 0.548. The fraction of sp³-hybridized carbons (Fsp3) is 0.750. The molecule has 0 saturated carbocycles. The van der Waals surface area contributed by atoms with E-state index in [0.29, 0.717) is 0 Å². The predicted octanol–water partition coefficient (Wildman–Crippen LogP) is 1.32. The molecule has 1 aliphatic rings. The molecule has 3 heteroatoms. The first-order valence-electron chi connectivity index (χ1n) is 3.84. The van der Waals surface area contributed by atoms with Gasteiger partial charge in [-0.05, 0) is 20.8 Å². The lowest BCUT2D eigenvalue weighted by Gasteiger charge is -2.24. The van der Waals surface area contributed by atoms with Gasteiger partial charge in [0, 0.05) is 13.1 Å². The van der Waals surface area contributed by atoms with E-state index in [1.54, 1.807) is 0 Å². The van der Waals surface area contributed by atoms with Crippen molar-refractivity contribution < 1.29 is 4.21 Å². The lowest BCUT2D eigenvalue weighted by Crippen LogP contribution is -2.35. The lowest BCUT2D eigenvalue weighted by atomic mass is 10.3. The van der Waals surface area contributed by atoms with Gasteiger partial charge in [-0.25, -0.2) is 8.51 Å². The summed E-state index contributed by atoms with van der Waals surface area (Å²) in [5.74, 6) is 0. The van der Waals surface area contributed by atoms with E-state index in [2.05, 4.69) is 12.2 Å². The van der Waals surface area contributed by atoms with Gasteiger partial charge in [0.05, 0.1) is 4.75 Å². The van der Waals surface area contributed by atoms with Crippen LogP contribution in [0.1, 0.15) is 20.8 Å². The largest absolute Gasteiger partial charge is 0.242 e. The summed E-state index contributed by atoms with van der Waals surface area (Å²) in [6.45, 7) is 7.68. The average molecular weight is 173 g/mol. The zero-order chi connectivity index (χ0) is 8.48. The second-order valence-electron chi connectivity index (χ2n) is 3.68. The van der Waals surface area contributed by atoms with Gasteiger partial charge in [-0.1, -0.05) is 12.2 Å². The Morgan fingerprint density at radius 1 is 1.27 bits per heavy atom. The second kappa shape index (κ2) is 3.07. The highest BCUT2D eigenvalue weighted by Crippen LogP contribution is 2.17. The topological polar surface area (TPSA) is 20.3 Å². The van der Waals surface area contributed by atoms with E-state index in [0.717, 1.165) is 13.1 Å². The molecule has 2 nitrogen and oxygen atoms in total. The second-order valence-corrected chi connectivity index (χ2v) is 5.92. The van der Waals surface area contributed by atoms with Crippen LogP contribution in [-0.4, -0.2) is 26.4 Å². The smallest absolute Gasteiger partial charge is 0.100 e. The molecule has 0 spiro atoms. The summed E-state index contributed by atoms with van der Waals surface area (Å²) in [5, 5.41) is 0. The molecule has 0 radical (unpaired) electrons. The first-order chi connectivity index (χ1) is 5.02. The van der Waals surface area contributed by atoms with Crippen LogP contribution in [0.5, 0.6) is 0 Å². The number of nitrogens with zero attached hydrogens (tertiary/aromatic N) is 1. The Bertz CT molecular complexity index is 185. The van der Waals surface area contributed by atoms with Crippen LogP contribution in [0.4, 0.5) is 0 Å². The van der Waals surface area contributed by atoms with Crippen LogP contribution in [0.15, 0.2) is 12.2 Å². The summed E-state index contributed by atoms with van der Waals surface area (Å²) in [5.41, 5.74) is 0. The highest BCUT2D eigenvalue weighted by Gasteiger charge is 2.25. The summed E-state index contributed by atoms with van der Waals surface area (Å²) in [6, 6.07) is 0. The highest BCUT2D eigenvalue weighted by molar-refractivity contribution is 7.84. The molecule has 1 unspecified atom stereocenters. The third-order valence-corrected chi connectivity index (χ3v) is 3.36. The molecule has 1 atom stereocenters. The Morgan fingerprint density at radius 2 is 1.73 bits per heavy atom. The minimum atomic E-state index is -0.842. The van der Waals surface area contributed by atoms with Gasteiger partial charge >= 0.3 is 0 Å². The third-order valence-electron chi connectivity index (χ3n) is 1.54. The standard InChI is InChI=1S/C8H15NOS/c1-8(2,3)11(10)9-6-4-5-7-9/h4-5H,6-7H2,1-3H3. The van der Waals surface area contributed by atoms with Crippen LogP contribution >= 0.6 is 0 Å². The molecular weight excluding hydrogens is 158 g/mol. The van der Waals surface area contributed by atoms with E-state index >= 15 is 0 Å². The molecule has 0 bridgehead atoms. The first kappa shape index (κ1) is 8.94. The van der Waals surface area contributed by atoms with Gasteiger partial charge < -0.3 is 0 Å². The molecule has 64 valence electrons. The van der Waals surface area contributed by atoms with E-state index in [1.807, 2.05) is 25.1 Å². The van der Waals surface area contributed by atoms with Crippen molar-refractivity contribution in [3.8, 4) is 0 Å². The molecule has 0 N–H and O–H groups in total. The van der Waals surface area contributed by atoms with Crippen LogP contribution in [0.25, 0.3) is 0 Å². The van der Waals surface area contributed by atoms with Crippen LogP contribution in [0.2, 0.25) is 0 Å². The molecule has 0 aliphatic carbocycles. The van der Waals surface area contributed by atoms with Crippen molar-refractivity contribution in [3.63, 3.8) is 0 Å². The highest BCUT2D eigenvalue weighted by atomic mass is 32.2. The molecule has 11 heavy (non-hydrogen) atoms. The molecule has 1 rings (SSSR count). The Hall–Kier alpha value is -0.150. The fourth-order valence-corrected chi connectivity index (χ4v) is 2.20. The number of rotatable bonds is 1. The van der Waals surface area contributed by atoms with Crippen LogP contribution in [0.3, 0.4) is 0 Å². The van der Waals surface area contributed by atoms with Crippen LogP contribution in [-0.2, 0) is 11.0 Å². The van der Waals surface area contributed by atoms with Crippen molar-refractivity contribution >= 4 is 11.0 Å². The molecule has 0 fully saturated rings. The molecule has 0 aromatic carbocycles. The maximum Gasteiger partial charge on any atom is 0.100 e. The zero-order valence-electron chi connectivity index (χ0n) is 7.33. The van der Waals surface area contributed by atoms with E-state index in [1.165, 1.54) is 0 Å². The molecule has 1 aliphatic heterocycles. The summed E-state index contributed by atoms with van der Waals surface area (Å²) in [6.07, 6.45) is 4.12. The summed E-state index contributed by atoms with van der Waals surface area (Å²) >= 11 is 0. The Morgan fingerprint density at radius 3 is 2.09 bits per heavy atom. The van der Waals surface area contributed by atoms with E-state index < -0.39 is 11.0 Å². The maximum atomic E-state index is 11.7. The van der Waals surface area contributed by atoms with E-state index in [-0.39, 0.29) is 4.75 Å². The van der Waals surface area contributed by atoms with Crippen molar-refractivity contribution in [2.24, 2.45) is 0 Å². The average Bonchev–Trinajstić information content (AvgIpc) is 2.34. The third kappa shape index (κ3) is 2.14. The van der Waals surface area contributed by atoms with Gasteiger partial charge in [-0.15, -0.1) is 0 Å². The fourth-order valence-electron chi connectivity index (χ4n) is 0.981. The van der Waals surface area contributed by atoms with E-state index in [4.69, 9.17) is 0 Å². The van der Waals surface area contributed by atoms with Crippen molar-refractivity contribution in [2.75, 3.05) is 13.1 Å². The van der Waals surface area contributed by atoms with Gasteiger partial charge in [0.15, 0.2) is 0 Å². The van der Waals surface area contributed by atoms with Crippen molar-refractivity contribution in [1.29, 1.82) is 0 Å². The molecule has 0 saturated heterocycles. The van der Waals surface area contributed by atoms with Crippen molar-refractivity contribution in [2.45, 2.75) is 25.5 Å². The monoisotopic (exact) mass is 173 g/mol. The minimum absolute atomic E-state index is 0.119. The number of hydrogen-bond donors (Lipinski definition) is 0. The summed E-state index contributed by atoms with van der Waals surface area (Å²) in [4.78, 5) is 0. The van der Waals surface area contributed by atoms with Crippen molar-refractivity contribution in [3.05, 3.63) is 12.2 Å². The summed E-state index contributed by atoms with van der Waals surface area (Å²) < 4.78 is 13.5. The van der Waals surface area contributed by atoms with Gasteiger partial charge in [0.2, 0.25) is 0 Å². The first-order valence-corrected chi connectivity index (χ1v) is 4.94. The predicted molar refractivity (Wildman–Crippen MR) is 48.6 cm³/mol. The Kier molecular flexibility index (Phi) is 2.50. The molecule has 1 heterocycles. The van der Waals surface area contributed by atoms with Gasteiger partial charge in [-0.3, -0.25) is 0 Å². The Labute approximate surface area is 70.9 Å². The molecular formula is C8H15NOS. The molecule has 0 aromatic heterocycles. The SMILES string of the molecule is CC(C)(C)S(=O)N1CC=CC1. The minimum Gasteiger partial charge on any atom is -0.242 e. The van der Waals surface area contributed by atoms with Gasteiger partial charge in [-0.2, -0.15) is 0 Å². The van der Waals surface area contributed by atoms with Crippen LogP contribution in [0, 0.1) is 0 Å². The molecule has 0 amide bonds. The maximum absolute atomic E-state index is 11.7. The summed E-state index contributed by atoms with van der Waals surface area (Å²) in [7, 11) is -0.842. The van der Waals surface area contributed by atoms with Crippen LogP contribution < -0.4 is 0 Å². The Balaban J connectivity index is 2.55. The van der Waals surface area contributed by atoms with E-state index in [9.17, 15) is 4.21 Å². The molecule has 0 aromatic rings. The lowest BCUT2D eigenvalue weighted by molar-refractivity contribution is 0.525. The van der Waals surface area contributed by atoms with Gasteiger partial charge in [0.25, 0.3) is 0 Å². The van der Waals surface area contributed by atoms with Gasteiger partial charge in [0.1, 0.15) is 11.0 Å².